The summed E-state index contributed by atoms with van der Waals surface area (Å²) < 4.78 is 4.73. The molecule has 0 unspecified atom stereocenters. The number of carbonyl (C=O) groups is 2. The fraction of sp³-hybridized carbons (Fsp3) is 0.182. The first kappa shape index (κ1) is 11.9. The molecule has 2 rings (SSSR count). The summed E-state index contributed by atoms with van der Waals surface area (Å²) in [5.74, 6) is -2.62. The van der Waals surface area contributed by atoms with Gasteiger partial charge in [0.25, 0.3) is 0 Å². The molecule has 18 heavy (non-hydrogen) atoms. The van der Waals surface area contributed by atoms with Crippen molar-refractivity contribution < 1.29 is 24.3 Å². The molecule has 0 atom stereocenters. The Morgan fingerprint density at radius 3 is 2.28 bits per heavy atom. The maximum Gasteiger partial charge on any atom is 0.338 e. The molecule has 0 aliphatic heterocycles. The SMILES string of the molecule is Cc1conc1-c1[nH]c(C)c(C(=O)O)c1C(=O)O. The van der Waals surface area contributed by atoms with E-state index in [0.717, 1.165) is 0 Å². The van der Waals surface area contributed by atoms with Crippen molar-refractivity contribution in [3.8, 4) is 11.4 Å². The third kappa shape index (κ3) is 1.65. The van der Waals surface area contributed by atoms with Gasteiger partial charge in [0.15, 0.2) is 0 Å². The predicted octanol–water partition coefficient (Wildman–Crippen LogP) is 1.68. The molecule has 3 N–H and O–H groups in total. The van der Waals surface area contributed by atoms with Gasteiger partial charge in [-0.3, -0.25) is 0 Å². The highest BCUT2D eigenvalue weighted by atomic mass is 16.5. The van der Waals surface area contributed by atoms with Crippen LogP contribution in [0.1, 0.15) is 32.0 Å². The highest BCUT2D eigenvalue weighted by Gasteiger charge is 2.28. The van der Waals surface area contributed by atoms with Crippen LogP contribution in [0.25, 0.3) is 11.4 Å². The highest BCUT2D eigenvalue weighted by molar-refractivity contribution is 6.07. The van der Waals surface area contributed by atoms with E-state index in [9.17, 15) is 9.59 Å². The number of H-pyrrole nitrogens is 1. The van der Waals surface area contributed by atoms with E-state index in [1.54, 1.807) is 6.92 Å². The lowest BCUT2D eigenvalue weighted by Crippen LogP contribution is -2.07. The Balaban J connectivity index is 2.77. The summed E-state index contributed by atoms with van der Waals surface area (Å²) in [5, 5.41) is 21.9. The number of aryl methyl sites for hydroxylation is 2. The quantitative estimate of drug-likeness (QED) is 0.763. The molecule has 0 bridgehead atoms. The second-order valence-electron chi connectivity index (χ2n) is 3.83. The fourth-order valence-corrected chi connectivity index (χ4v) is 1.81. The van der Waals surface area contributed by atoms with E-state index in [4.69, 9.17) is 14.7 Å². The van der Waals surface area contributed by atoms with Gasteiger partial charge in [0.05, 0.1) is 11.3 Å². The van der Waals surface area contributed by atoms with Crippen molar-refractivity contribution in [1.82, 2.24) is 10.1 Å². The normalized spacial score (nSPS) is 10.6. The summed E-state index contributed by atoms with van der Waals surface area (Å²) in [6.45, 7) is 3.18. The average molecular weight is 250 g/mol. The Morgan fingerprint density at radius 1 is 1.22 bits per heavy atom. The molecule has 0 fully saturated rings. The van der Waals surface area contributed by atoms with Gasteiger partial charge < -0.3 is 19.7 Å². The third-order valence-electron chi connectivity index (χ3n) is 2.60. The summed E-state index contributed by atoms with van der Waals surface area (Å²) in [5.41, 5.74) is 0.747. The average Bonchev–Trinajstić information content (AvgIpc) is 2.81. The second kappa shape index (κ2) is 4.02. The molecule has 0 spiro atoms. The zero-order valence-corrected chi connectivity index (χ0v) is 9.64. The van der Waals surface area contributed by atoms with E-state index in [-0.39, 0.29) is 22.5 Å². The van der Waals surface area contributed by atoms with Gasteiger partial charge in [-0.15, -0.1) is 0 Å². The van der Waals surface area contributed by atoms with Gasteiger partial charge in [0.1, 0.15) is 17.5 Å². The zero-order valence-electron chi connectivity index (χ0n) is 9.64. The number of hydrogen-bond donors (Lipinski definition) is 3. The maximum absolute atomic E-state index is 11.2. The number of carboxylic acid groups (broad SMARTS) is 2. The van der Waals surface area contributed by atoms with E-state index in [2.05, 4.69) is 10.1 Å². The lowest BCUT2D eigenvalue weighted by atomic mass is 10.1. The summed E-state index contributed by atoms with van der Waals surface area (Å²) in [6, 6.07) is 0. The number of carboxylic acids is 2. The molecule has 7 nitrogen and oxygen atoms in total. The summed E-state index contributed by atoms with van der Waals surface area (Å²) >= 11 is 0. The molecule has 0 aliphatic carbocycles. The summed E-state index contributed by atoms with van der Waals surface area (Å²) in [7, 11) is 0. The summed E-state index contributed by atoms with van der Waals surface area (Å²) in [6.07, 6.45) is 1.36. The number of nitrogens with zero attached hydrogens (tertiary/aromatic N) is 1. The summed E-state index contributed by atoms with van der Waals surface area (Å²) in [4.78, 5) is 25.0. The molecule has 0 amide bonds. The van der Waals surface area contributed by atoms with Gasteiger partial charge in [-0.05, 0) is 13.8 Å². The van der Waals surface area contributed by atoms with Crippen LogP contribution >= 0.6 is 0 Å². The van der Waals surface area contributed by atoms with Crippen LogP contribution in [0.15, 0.2) is 10.8 Å². The molecule has 2 aromatic heterocycles. The molecule has 0 saturated carbocycles. The van der Waals surface area contributed by atoms with Gasteiger partial charge in [0.2, 0.25) is 0 Å². The van der Waals surface area contributed by atoms with Crippen molar-refractivity contribution in [2.75, 3.05) is 0 Å². The van der Waals surface area contributed by atoms with Crippen molar-refractivity contribution in [3.63, 3.8) is 0 Å². The number of rotatable bonds is 3. The standard InChI is InChI=1S/C11H10N2O5/c1-4-3-18-13-8(4)9-7(11(16)17)6(10(14)15)5(2)12-9/h3,12H,1-2H3,(H,14,15)(H,16,17). The van der Waals surface area contributed by atoms with Crippen molar-refractivity contribution >= 4 is 11.9 Å². The minimum Gasteiger partial charge on any atom is -0.478 e. The number of aromatic amines is 1. The lowest BCUT2D eigenvalue weighted by Gasteiger charge is -1.98. The lowest BCUT2D eigenvalue weighted by molar-refractivity contribution is 0.0652. The Morgan fingerprint density at radius 2 is 1.83 bits per heavy atom. The first-order valence-electron chi connectivity index (χ1n) is 5.04. The van der Waals surface area contributed by atoms with Crippen LogP contribution in [0.4, 0.5) is 0 Å². The number of hydrogen-bond acceptors (Lipinski definition) is 4. The molecule has 0 aromatic carbocycles. The largest absolute Gasteiger partial charge is 0.478 e. The number of aromatic carboxylic acids is 2. The maximum atomic E-state index is 11.2. The fourth-order valence-electron chi connectivity index (χ4n) is 1.81. The molecular weight excluding hydrogens is 240 g/mol. The number of aromatic nitrogens is 2. The molecule has 0 aliphatic rings. The van der Waals surface area contributed by atoms with Crippen LogP contribution in [0.5, 0.6) is 0 Å². The highest BCUT2D eigenvalue weighted by Crippen LogP contribution is 2.29. The molecule has 2 heterocycles. The molecular formula is C11H10N2O5. The minimum absolute atomic E-state index is 0.142. The van der Waals surface area contributed by atoms with Crippen LogP contribution in [0, 0.1) is 13.8 Å². The van der Waals surface area contributed by atoms with Crippen molar-refractivity contribution in [1.29, 1.82) is 0 Å². The second-order valence-corrected chi connectivity index (χ2v) is 3.83. The molecule has 0 radical (unpaired) electrons. The van der Waals surface area contributed by atoms with E-state index >= 15 is 0 Å². The Bertz CT molecular complexity index is 638. The van der Waals surface area contributed by atoms with Gasteiger partial charge in [-0.2, -0.15) is 0 Å². The van der Waals surface area contributed by atoms with E-state index < -0.39 is 11.9 Å². The monoisotopic (exact) mass is 250 g/mol. The van der Waals surface area contributed by atoms with Crippen LogP contribution < -0.4 is 0 Å². The van der Waals surface area contributed by atoms with Crippen LogP contribution in [0.3, 0.4) is 0 Å². The zero-order chi connectivity index (χ0) is 13.4. The van der Waals surface area contributed by atoms with Gasteiger partial charge >= 0.3 is 11.9 Å². The molecule has 2 aromatic rings. The molecule has 0 saturated heterocycles. The Labute approximate surface area is 101 Å². The van der Waals surface area contributed by atoms with Gasteiger partial charge in [-0.1, -0.05) is 5.16 Å². The topological polar surface area (TPSA) is 116 Å². The first-order valence-corrected chi connectivity index (χ1v) is 5.04. The van der Waals surface area contributed by atoms with Crippen LogP contribution in [-0.2, 0) is 0 Å². The molecule has 94 valence electrons. The smallest absolute Gasteiger partial charge is 0.338 e. The van der Waals surface area contributed by atoms with E-state index in [1.165, 1.54) is 13.2 Å². The predicted molar refractivity (Wildman–Crippen MR) is 59.7 cm³/mol. The van der Waals surface area contributed by atoms with E-state index in [1.807, 2.05) is 0 Å². The number of nitrogens with one attached hydrogen (secondary N) is 1. The van der Waals surface area contributed by atoms with Gasteiger partial charge in [-0.25, -0.2) is 9.59 Å². The van der Waals surface area contributed by atoms with E-state index in [0.29, 0.717) is 11.3 Å². The van der Waals surface area contributed by atoms with Crippen molar-refractivity contribution in [2.45, 2.75) is 13.8 Å². The Hall–Kier alpha value is -2.57. The van der Waals surface area contributed by atoms with Gasteiger partial charge in [0, 0.05) is 11.3 Å². The molecule has 7 heteroatoms. The third-order valence-corrected chi connectivity index (χ3v) is 2.60. The van der Waals surface area contributed by atoms with Crippen LogP contribution in [-0.4, -0.2) is 32.3 Å². The van der Waals surface area contributed by atoms with Crippen LogP contribution in [0.2, 0.25) is 0 Å². The first-order chi connectivity index (χ1) is 8.43. The minimum atomic E-state index is -1.32. The van der Waals surface area contributed by atoms with Crippen molar-refractivity contribution in [2.24, 2.45) is 0 Å². The van der Waals surface area contributed by atoms with Crippen molar-refractivity contribution in [3.05, 3.63) is 28.6 Å². The Kier molecular flexibility index (Phi) is 2.66.